The molecule has 0 aliphatic carbocycles. The van der Waals surface area contributed by atoms with Crippen molar-refractivity contribution in [1.82, 2.24) is 4.98 Å². The number of nitrogens with zero attached hydrogens (tertiary/aromatic N) is 1. The molecule has 0 amide bonds. The summed E-state index contributed by atoms with van der Waals surface area (Å²) in [5, 5.41) is 42.4. The Labute approximate surface area is 259 Å². The summed E-state index contributed by atoms with van der Waals surface area (Å²) < 4.78 is 16.8. The third-order valence-corrected chi connectivity index (χ3v) is 8.51. The number of allylic oxidation sites excluding steroid dienone is 5. The molecule has 1 aromatic heterocycles. The monoisotopic (exact) mass is 613 g/mol. The molecular weight excluding hydrogens is 566 g/mol. The maximum atomic E-state index is 12.9. The van der Waals surface area contributed by atoms with Crippen molar-refractivity contribution in [1.29, 1.82) is 0 Å². The largest absolute Gasteiger partial charge is 0.481 e. The van der Waals surface area contributed by atoms with E-state index in [9.17, 15) is 30.0 Å². The first-order valence-electron chi connectivity index (χ1n) is 15.1. The number of carboxylic acid groups (broad SMARTS) is 1. The number of oxazole rings is 1. The van der Waals surface area contributed by atoms with Gasteiger partial charge in [0.1, 0.15) is 29.8 Å². The number of carboxylic acids is 1. The van der Waals surface area contributed by atoms with E-state index in [0.717, 1.165) is 5.57 Å². The van der Waals surface area contributed by atoms with Crippen molar-refractivity contribution in [3.8, 4) is 0 Å². The van der Waals surface area contributed by atoms with Crippen molar-refractivity contribution in [2.45, 2.75) is 103 Å². The topological polar surface area (TPSA) is 163 Å². The van der Waals surface area contributed by atoms with E-state index >= 15 is 0 Å². The second-order valence-electron chi connectivity index (χ2n) is 12.4. The van der Waals surface area contributed by atoms with Gasteiger partial charge in [0.2, 0.25) is 0 Å². The molecule has 3 heterocycles. The fourth-order valence-corrected chi connectivity index (χ4v) is 5.37. The number of hydrogen-bond acceptors (Lipinski definition) is 9. The third kappa shape index (κ3) is 10.1. The molecule has 0 saturated carbocycles. The predicted molar refractivity (Wildman–Crippen MR) is 165 cm³/mol. The molecule has 2 aliphatic heterocycles. The zero-order valence-corrected chi connectivity index (χ0v) is 26.4. The number of hydrogen-bond donors (Lipinski definition) is 4. The number of fused-ring (bicyclic) bond motifs is 1. The van der Waals surface area contributed by atoms with Gasteiger partial charge in [0.05, 0.1) is 18.3 Å². The van der Waals surface area contributed by atoms with Gasteiger partial charge in [-0.3, -0.25) is 4.79 Å². The molecule has 9 atom stereocenters. The number of aliphatic hydroxyl groups is 3. The SMILES string of the molecule is CC(C=CC=C(C)[C@H](O)[C@@H](C)[C@H]1C[C@H](O)[C@]2(C)O[C@H]2C=C[C@@H](C)[C@H](O)C[C@H](CC(=O)O)CC=CC(=O)O1)=Cc1coc(C)n1. The van der Waals surface area contributed by atoms with Crippen LogP contribution >= 0.6 is 0 Å². The molecule has 1 fully saturated rings. The molecule has 0 radical (unpaired) electrons. The number of ether oxygens (including phenoxy) is 2. The summed E-state index contributed by atoms with van der Waals surface area (Å²) in [5.41, 5.74) is 1.37. The predicted octanol–water partition coefficient (Wildman–Crippen LogP) is 4.70. The van der Waals surface area contributed by atoms with Crippen molar-refractivity contribution in [3.63, 3.8) is 0 Å². The summed E-state index contributed by atoms with van der Waals surface area (Å²) in [6.07, 6.45) is 11.7. The van der Waals surface area contributed by atoms with Crippen LogP contribution in [0.25, 0.3) is 6.08 Å². The van der Waals surface area contributed by atoms with E-state index in [4.69, 9.17) is 13.9 Å². The van der Waals surface area contributed by atoms with Crippen LogP contribution in [-0.2, 0) is 19.1 Å². The summed E-state index contributed by atoms with van der Waals surface area (Å²) in [6.45, 7) is 10.8. The average Bonchev–Trinajstić information content (AvgIpc) is 3.45. The fourth-order valence-electron chi connectivity index (χ4n) is 5.37. The van der Waals surface area contributed by atoms with Gasteiger partial charge in [-0.2, -0.15) is 0 Å². The Hall–Kier alpha value is -3.31. The average molecular weight is 614 g/mol. The lowest BCUT2D eigenvalue weighted by atomic mass is 9.86. The molecule has 10 nitrogen and oxygen atoms in total. The standard InChI is InChI=1S/C34H47NO9/c1-20(15-26-19-42-24(5)35-26)9-7-10-22(3)33(41)23(4)28-18-29(37)34(6)30(44-34)14-13-21(2)27(36)16-25(17-31(38)39)11-8-12-32(40)43-28/h7-10,12-15,19,21,23,25,27-30,33,36-37,41H,11,16-18H2,1-6H3,(H,38,39)/t21-,23+,25-,27-,28-,29+,30+,33+,34+/m1/s1. The third-order valence-electron chi connectivity index (χ3n) is 8.51. The number of epoxide rings is 1. The van der Waals surface area contributed by atoms with Crippen LogP contribution in [0.1, 0.15) is 71.9 Å². The van der Waals surface area contributed by atoms with Gasteiger partial charge in [0.25, 0.3) is 0 Å². The molecule has 1 aromatic rings. The smallest absolute Gasteiger partial charge is 0.330 e. The van der Waals surface area contributed by atoms with Crippen LogP contribution in [-0.4, -0.2) is 73.5 Å². The summed E-state index contributed by atoms with van der Waals surface area (Å²) in [7, 11) is 0. The minimum absolute atomic E-state index is 0.0283. The van der Waals surface area contributed by atoms with Gasteiger partial charge in [-0.05, 0) is 56.8 Å². The van der Waals surface area contributed by atoms with Crippen LogP contribution < -0.4 is 0 Å². The highest BCUT2D eigenvalue weighted by Gasteiger charge is 2.56. The quantitative estimate of drug-likeness (QED) is 0.140. The lowest BCUT2D eigenvalue weighted by Crippen LogP contribution is -2.40. The molecule has 4 N–H and O–H groups in total. The minimum Gasteiger partial charge on any atom is -0.481 e. The van der Waals surface area contributed by atoms with Crippen molar-refractivity contribution >= 4 is 18.0 Å². The van der Waals surface area contributed by atoms with Gasteiger partial charge < -0.3 is 34.3 Å². The summed E-state index contributed by atoms with van der Waals surface area (Å²) in [5.74, 6) is -2.29. The number of rotatable bonds is 8. The molecule has 0 bridgehead atoms. The first kappa shape index (κ1) is 35.2. The Kier molecular flexibility index (Phi) is 12.5. The molecular formula is C34H47NO9. The number of carbonyl (C=O) groups is 2. The van der Waals surface area contributed by atoms with Crippen LogP contribution in [0.2, 0.25) is 0 Å². The zero-order valence-electron chi connectivity index (χ0n) is 26.4. The number of carbonyl (C=O) groups excluding carboxylic acids is 1. The molecule has 0 unspecified atom stereocenters. The maximum Gasteiger partial charge on any atom is 0.330 e. The number of cyclic esters (lactones) is 1. The highest BCUT2D eigenvalue weighted by molar-refractivity contribution is 5.82. The van der Waals surface area contributed by atoms with Gasteiger partial charge >= 0.3 is 11.9 Å². The Morgan fingerprint density at radius 3 is 2.61 bits per heavy atom. The molecule has 242 valence electrons. The normalized spacial score (nSPS) is 32.2. The van der Waals surface area contributed by atoms with E-state index in [-0.39, 0.29) is 37.5 Å². The molecule has 10 heteroatoms. The van der Waals surface area contributed by atoms with E-state index in [1.165, 1.54) is 6.08 Å². The van der Waals surface area contributed by atoms with Crippen molar-refractivity contribution in [3.05, 3.63) is 71.5 Å². The van der Waals surface area contributed by atoms with Crippen molar-refractivity contribution in [2.75, 3.05) is 0 Å². The van der Waals surface area contributed by atoms with Gasteiger partial charge in [-0.1, -0.05) is 50.3 Å². The van der Waals surface area contributed by atoms with E-state index < -0.39 is 54.0 Å². The van der Waals surface area contributed by atoms with E-state index in [1.807, 2.05) is 38.2 Å². The van der Waals surface area contributed by atoms with E-state index in [2.05, 4.69) is 4.98 Å². The van der Waals surface area contributed by atoms with Crippen molar-refractivity contribution < 1.29 is 43.9 Å². The Morgan fingerprint density at radius 1 is 1.23 bits per heavy atom. The second kappa shape index (κ2) is 15.6. The number of aryl methyl sites for hydroxylation is 1. The lowest BCUT2D eigenvalue weighted by Gasteiger charge is -2.30. The van der Waals surface area contributed by atoms with Gasteiger partial charge in [0.15, 0.2) is 5.89 Å². The van der Waals surface area contributed by atoms with Crippen LogP contribution in [0.4, 0.5) is 0 Å². The number of aliphatic carboxylic acids is 1. The molecule has 0 spiro atoms. The zero-order chi connectivity index (χ0) is 32.6. The highest BCUT2D eigenvalue weighted by atomic mass is 16.6. The van der Waals surface area contributed by atoms with E-state index in [0.29, 0.717) is 17.2 Å². The lowest BCUT2D eigenvalue weighted by molar-refractivity contribution is -0.150. The number of aliphatic hydroxyl groups excluding tert-OH is 3. The summed E-state index contributed by atoms with van der Waals surface area (Å²) in [6, 6.07) is 0. The Morgan fingerprint density at radius 2 is 1.95 bits per heavy atom. The molecule has 44 heavy (non-hydrogen) atoms. The molecule has 1 saturated heterocycles. The molecule has 3 rings (SSSR count). The minimum atomic E-state index is -1.00. The van der Waals surface area contributed by atoms with Gasteiger partial charge in [-0.15, -0.1) is 0 Å². The fraction of sp³-hybridized carbons (Fsp3) is 0.559. The van der Waals surface area contributed by atoms with Crippen LogP contribution in [0.3, 0.4) is 0 Å². The first-order chi connectivity index (χ1) is 20.7. The molecule has 0 aromatic carbocycles. The number of esters is 1. The summed E-state index contributed by atoms with van der Waals surface area (Å²) in [4.78, 5) is 28.5. The number of aromatic nitrogens is 1. The first-order valence-corrected chi connectivity index (χ1v) is 15.1. The van der Waals surface area contributed by atoms with Gasteiger partial charge in [0, 0.05) is 37.7 Å². The van der Waals surface area contributed by atoms with Crippen LogP contribution in [0.5, 0.6) is 0 Å². The van der Waals surface area contributed by atoms with Crippen molar-refractivity contribution in [2.24, 2.45) is 17.8 Å². The van der Waals surface area contributed by atoms with Crippen LogP contribution in [0.15, 0.2) is 64.4 Å². The summed E-state index contributed by atoms with van der Waals surface area (Å²) >= 11 is 0. The molecule has 2 aliphatic rings. The highest BCUT2D eigenvalue weighted by Crippen LogP contribution is 2.43. The Bertz CT molecular complexity index is 1290. The van der Waals surface area contributed by atoms with Gasteiger partial charge in [-0.25, -0.2) is 9.78 Å². The van der Waals surface area contributed by atoms with E-state index in [1.54, 1.807) is 52.2 Å². The Balaban J connectivity index is 1.78. The maximum absolute atomic E-state index is 12.9. The second-order valence-corrected chi connectivity index (χ2v) is 12.4. The van der Waals surface area contributed by atoms with Crippen LogP contribution in [0, 0.1) is 24.7 Å².